The molecule has 0 saturated carbocycles. The van der Waals surface area contributed by atoms with E-state index in [2.05, 4.69) is 5.32 Å². The van der Waals surface area contributed by atoms with Crippen LogP contribution in [0.1, 0.15) is 46.0 Å². The lowest BCUT2D eigenvalue weighted by Gasteiger charge is -2.12. The van der Waals surface area contributed by atoms with Crippen LogP contribution in [0.15, 0.2) is 0 Å². The summed E-state index contributed by atoms with van der Waals surface area (Å²) >= 11 is 5.50. The molecule has 1 amide bonds. The van der Waals surface area contributed by atoms with Gasteiger partial charge < -0.3 is 20.5 Å². The first kappa shape index (κ1) is 22.7. The summed E-state index contributed by atoms with van der Waals surface area (Å²) in [5, 5.41) is 2.43. The van der Waals surface area contributed by atoms with Crippen LogP contribution < -0.4 is 11.1 Å². The zero-order valence-electron chi connectivity index (χ0n) is 14.5. The zero-order valence-corrected chi connectivity index (χ0v) is 15.3. The molecule has 0 bridgehead atoms. The van der Waals surface area contributed by atoms with E-state index in [4.69, 9.17) is 26.8 Å². The van der Waals surface area contributed by atoms with Crippen molar-refractivity contribution < 1.29 is 23.9 Å². The van der Waals surface area contributed by atoms with Crippen LogP contribution in [0.2, 0.25) is 0 Å². The Bertz CT molecular complexity index is 391. The third-order valence-electron chi connectivity index (χ3n) is 3.15. The van der Waals surface area contributed by atoms with Crippen LogP contribution in [-0.2, 0) is 23.9 Å². The average molecular weight is 365 g/mol. The van der Waals surface area contributed by atoms with E-state index in [1.807, 2.05) is 13.8 Å². The Kier molecular flexibility index (Phi) is 13.3. The molecule has 0 heterocycles. The summed E-state index contributed by atoms with van der Waals surface area (Å²) < 4.78 is 9.94. The smallest absolute Gasteiger partial charge is 0.325 e. The van der Waals surface area contributed by atoms with Crippen LogP contribution >= 0.6 is 11.6 Å². The molecule has 7 nitrogen and oxygen atoms in total. The molecule has 1 atom stereocenters. The number of ether oxygens (including phenoxy) is 2. The van der Waals surface area contributed by atoms with Gasteiger partial charge in [0, 0.05) is 12.3 Å². The quantitative estimate of drug-likeness (QED) is 0.290. The van der Waals surface area contributed by atoms with Crippen molar-refractivity contribution in [2.45, 2.75) is 52.0 Å². The largest absolute Gasteiger partial charge is 0.465 e. The number of alkyl halides is 1. The molecule has 1 unspecified atom stereocenters. The predicted molar refractivity (Wildman–Crippen MR) is 91.5 cm³/mol. The maximum atomic E-state index is 11.6. The lowest BCUT2D eigenvalue weighted by atomic mass is 10.1. The highest BCUT2D eigenvalue weighted by atomic mass is 35.5. The van der Waals surface area contributed by atoms with Crippen LogP contribution in [0.25, 0.3) is 0 Å². The minimum atomic E-state index is -0.842. The highest BCUT2D eigenvalue weighted by Gasteiger charge is 2.17. The number of carbonyl (C=O) groups is 3. The van der Waals surface area contributed by atoms with E-state index in [0.29, 0.717) is 24.8 Å². The lowest BCUT2D eigenvalue weighted by Crippen LogP contribution is -2.36. The maximum absolute atomic E-state index is 11.6. The van der Waals surface area contributed by atoms with E-state index in [1.165, 1.54) is 0 Å². The second kappa shape index (κ2) is 14.0. The van der Waals surface area contributed by atoms with Gasteiger partial charge in [0.05, 0.1) is 13.2 Å². The first-order chi connectivity index (χ1) is 11.4. The Labute approximate surface area is 148 Å². The average Bonchev–Trinajstić information content (AvgIpc) is 2.54. The van der Waals surface area contributed by atoms with Crippen molar-refractivity contribution in [2.24, 2.45) is 11.7 Å². The number of esters is 2. The highest BCUT2D eigenvalue weighted by Crippen LogP contribution is 2.02. The molecule has 0 aliphatic rings. The number of halogens is 1. The zero-order chi connectivity index (χ0) is 18.4. The van der Waals surface area contributed by atoms with Gasteiger partial charge in [-0.1, -0.05) is 13.8 Å². The topological polar surface area (TPSA) is 108 Å². The molecular weight excluding hydrogens is 336 g/mol. The van der Waals surface area contributed by atoms with Gasteiger partial charge in [0.25, 0.3) is 0 Å². The molecule has 3 N–H and O–H groups in total. The van der Waals surface area contributed by atoms with Crippen LogP contribution in [0, 0.1) is 5.92 Å². The van der Waals surface area contributed by atoms with Gasteiger partial charge in [-0.2, -0.15) is 0 Å². The molecule has 0 aromatic rings. The molecule has 0 radical (unpaired) electrons. The van der Waals surface area contributed by atoms with Crippen molar-refractivity contribution >= 4 is 29.4 Å². The number of hydrogen-bond donors (Lipinski definition) is 2. The highest BCUT2D eigenvalue weighted by molar-refractivity contribution is 6.17. The minimum Gasteiger partial charge on any atom is -0.465 e. The third-order valence-corrected chi connectivity index (χ3v) is 3.41. The molecule has 140 valence electrons. The molecule has 0 saturated heterocycles. The van der Waals surface area contributed by atoms with E-state index in [0.717, 1.165) is 12.8 Å². The van der Waals surface area contributed by atoms with Gasteiger partial charge in [-0.25, -0.2) is 0 Å². The summed E-state index contributed by atoms with van der Waals surface area (Å²) in [6.07, 6.45) is 2.44. The number of hydrogen-bond acceptors (Lipinski definition) is 6. The van der Waals surface area contributed by atoms with E-state index >= 15 is 0 Å². The number of nitrogens with one attached hydrogen (secondary N) is 1. The molecule has 0 spiro atoms. The van der Waals surface area contributed by atoms with Crippen LogP contribution in [0.3, 0.4) is 0 Å². The Morgan fingerprint density at radius 3 is 2.42 bits per heavy atom. The summed E-state index contributed by atoms with van der Waals surface area (Å²) in [6, 6.07) is -0.842. The molecule has 8 heteroatoms. The van der Waals surface area contributed by atoms with Gasteiger partial charge in [0.15, 0.2) is 0 Å². The van der Waals surface area contributed by atoms with Crippen LogP contribution in [0.5, 0.6) is 0 Å². The summed E-state index contributed by atoms with van der Waals surface area (Å²) in [7, 11) is 0. The van der Waals surface area contributed by atoms with Crippen molar-refractivity contribution in [3.05, 3.63) is 0 Å². The molecule has 0 aromatic carbocycles. The predicted octanol–water partition coefficient (Wildman–Crippen LogP) is 1.36. The number of amides is 1. The van der Waals surface area contributed by atoms with Crippen molar-refractivity contribution in [2.75, 3.05) is 25.6 Å². The van der Waals surface area contributed by atoms with Gasteiger partial charge >= 0.3 is 11.9 Å². The monoisotopic (exact) mass is 364 g/mol. The van der Waals surface area contributed by atoms with Gasteiger partial charge in [0.2, 0.25) is 5.91 Å². The van der Waals surface area contributed by atoms with Crippen molar-refractivity contribution in [1.29, 1.82) is 0 Å². The summed E-state index contributed by atoms with van der Waals surface area (Å²) in [5.41, 5.74) is 5.68. The third kappa shape index (κ3) is 13.1. The lowest BCUT2D eigenvalue weighted by molar-refractivity contribution is -0.146. The van der Waals surface area contributed by atoms with Gasteiger partial charge in [-0.3, -0.25) is 14.4 Å². The Balaban J connectivity index is 3.76. The molecule has 24 heavy (non-hydrogen) atoms. The van der Waals surface area contributed by atoms with Crippen LogP contribution in [-0.4, -0.2) is 49.5 Å². The Morgan fingerprint density at radius 2 is 1.79 bits per heavy atom. The second-order valence-electron chi connectivity index (χ2n) is 5.89. The van der Waals surface area contributed by atoms with Gasteiger partial charge in [0.1, 0.15) is 12.6 Å². The summed E-state index contributed by atoms with van der Waals surface area (Å²) in [4.78, 5) is 34.6. The van der Waals surface area contributed by atoms with E-state index in [-0.39, 0.29) is 31.9 Å². The molecular formula is C16H29ClN2O5. The van der Waals surface area contributed by atoms with Gasteiger partial charge in [-0.15, -0.1) is 11.6 Å². The fraction of sp³-hybridized carbons (Fsp3) is 0.812. The first-order valence-corrected chi connectivity index (χ1v) is 8.80. The van der Waals surface area contributed by atoms with E-state index in [1.54, 1.807) is 0 Å². The number of rotatable bonds is 13. The first-order valence-electron chi connectivity index (χ1n) is 8.27. The summed E-state index contributed by atoms with van der Waals surface area (Å²) in [5.74, 6) is -0.417. The molecule has 0 aromatic heterocycles. The molecule has 0 fully saturated rings. The molecule has 0 aliphatic carbocycles. The second-order valence-corrected chi connectivity index (χ2v) is 6.27. The van der Waals surface area contributed by atoms with Crippen molar-refractivity contribution in [1.82, 2.24) is 5.32 Å². The fourth-order valence-electron chi connectivity index (χ4n) is 1.60. The normalized spacial score (nSPS) is 11.9. The van der Waals surface area contributed by atoms with Crippen molar-refractivity contribution in [3.63, 3.8) is 0 Å². The van der Waals surface area contributed by atoms with Crippen molar-refractivity contribution in [3.8, 4) is 0 Å². The van der Waals surface area contributed by atoms with Gasteiger partial charge in [-0.05, 0) is 31.6 Å². The summed E-state index contributed by atoms with van der Waals surface area (Å²) in [6.45, 7) is 4.47. The number of carbonyl (C=O) groups excluding carboxylic acids is 3. The number of nitrogens with two attached hydrogens (primary N) is 1. The Morgan fingerprint density at radius 1 is 1.08 bits per heavy atom. The Hall–Kier alpha value is -1.34. The molecule has 0 aliphatic heterocycles. The fourth-order valence-corrected chi connectivity index (χ4v) is 1.79. The SMILES string of the molecule is CC(C)CCOC(=O)C(N)CCC(=O)NCC(=O)OCCCCCl. The van der Waals surface area contributed by atoms with E-state index in [9.17, 15) is 14.4 Å². The minimum absolute atomic E-state index is 0.0416. The van der Waals surface area contributed by atoms with E-state index < -0.39 is 18.0 Å². The van der Waals surface area contributed by atoms with Crippen LogP contribution in [0.4, 0.5) is 0 Å². The standard InChI is InChI=1S/C16H29ClN2O5/c1-12(2)7-10-24-16(22)13(18)5-6-14(20)19-11-15(21)23-9-4-3-8-17/h12-13H,3-11,18H2,1-2H3,(H,19,20). The maximum Gasteiger partial charge on any atom is 0.325 e. The number of unbranched alkanes of at least 4 members (excludes halogenated alkanes) is 1. The molecule has 0 rings (SSSR count).